The van der Waals surface area contributed by atoms with Crippen LogP contribution in [0.5, 0.6) is 0 Å². The van der Waals surface area contributed by atoms with Crippen LogP contribution in [0.25, 0.3) is 0 Å². The van der Waals surface area contributed by atoms with Crippen molar-refractivity contribution in [2.45, 2.75) is 70.0 Å². The number of unbranched alkanes of at least 4 members (excludes halogenated alkanes) is 2. The molecule has 0 spiro atoms. The zero-order valence-electron chi connectivity index (χ0n) is 12.5. The summed E-state index contributed by atoms with van der Waals surface area (Å²) in [5.41, 5.74) is 0.624. The summed E-state index contributed by atoms with van der Waals surface area (Å²) in [6, 6.07) is 0. The molecule has 114 valence electrons. The maximum absolute atomic E-state index is 11.7. The van der Waals surface area contributed by atoms with Gasteiger partial charge in [0.25, 0.3) is 0 Å². The van der Waals surface area contributed by atoms with Crippen molar-refractivity contribution >= 4 is 33.2 Å². The molecule has 1 heterocycles. The van der Waals surface area contributed by atoms with Gasteiger partial charge in [-0.25, -0.2) is 0 Å². The van der Waals surface area contributed by atoms with Crippen molar-refractivity contribution in [3.8, 4) is 0 Å². The van der Waals surface area contributed by atoms with E-state index in [4.69, 9.17) is 0 Å². The van der Waals surface area contributed by atoms with Crippen LogP contribution in [0, 0.1) is 0 Å². The minimum atomic E-state index is 0.129. The smallest absolute Gasteiger partial charge is 0.157 e. The van der Waals surface area contributed by atoms with Gasteiger partial charge in [-0.15, -0.1) is 0 Å². The third-order valence-corrected chi connectivity index (χ3v) is 6.55. The standard InChI is InChI=1S/C16H26O2S2/c1-13(2)16(18)10-6-4-8-14(17)7-3-5-9-15-11-12-19-20-15/h15H,1,3-12H2,2H3. The highest BCUT2D eigenvalue weighted by Gasteiger charge is 2.15. The van der Waals surface area contributed by atoms with Gasteiger partial charge in [-0.05, 0) is 44.6 Å². The fourth-order valence-corrected chi connectivity index (χ4v) is 5.23. The molecule has 0 N–H and O–H groups in total. The molecule has 0 aliphatic carbocycles. The van der Waals surface area contributed by atoms with Crippen molar-refractivity contribution in [3.05, 3.63) is 12.2 Å². The number of carbonyl (C=O) groups excluding carboxylic acids is 2. The van der Waals surface area contributed by atoms with Crippen LogP contribution in [0.3, 0.4) is 0 Å². The molecule has 1 saturated heterocycles. The van der Waals surface area contributed by atoms with E-state index < -0.39 is 0 Å². The molecule has 1 atom stereocenters. The minimum absolute atomic E-state index is 0.129. The number of hydrogen-bond donors (Lipinski definition) is 0. The van der Waals surface area contributed by atoms with Gasteiger partial charge in [0.2, 0.25) is 0 Å². The molecule has 1 rings (SSSR count). The van der Waals surface area contributed by atoms with Gasteiger partial charge in [-0.2, -0.15) is 0 Å². The van der Waals surface area contributed by atoms with Crippen LogP contribution in [0.2, 0.25) is 0 Å². The largest absolute Gasteiger partial charge is 0.300 e. The van der Waals surface area contributed by atoms with Crippen LogP contribution in [-0.4, -0.2) is 22.6 Å². The number of ketones is 2. The van der Waals surface area contributed by atoms with Gasteiger partial charge in [-0.3, -0.25) is 9.59 Å². The second-order valence-corrected chi connectivity index (χ2v) is 8.31. The molecule has 1 fully saturated rings. The molecule has 0 aromatic rings. The van der Waals surface area contributed by atoms with Crippen LogP contribution >= 0.6 is 21.6 Å². The number of Topliss-reactive ketones (excluding diaryl/α,β-unsaturated/α-hetero) is 2. The van der Waals surface area contributed by atoms with Crippen LogP contribution in [0.15, 0.2) is 12.2 Å². The predicted molar refractivity (Wildman–Crippen MR) is 90.2 cm³/mol. The quantitative estimate of drug-likeness (QED) is 0.306. The molecule has 0 amide bonds. The molecule has 0 aromatic carbocycles. The Labute approximate surface area is 130 Å². The molecular formula is C16H26O2S2. The second-order valence-electron chi connectivity index (χ2n) is 5.52. The van der Waals surface area contributed by atoms with E-state index in [0.717, 1.165) is 30.9 Å². The summed E-state index contributed by atoms with van der Waals surface area (Å²) in [6.07, 6.45) is 8.36. The fraction of sp³-hybridized carbons (Fsp3) is 0.750. The van der Waals surface area contributed by atoms with Crippen molar-refractivity contribution in [3.63, 3.8) is 0 Å². The minimum Gasteiger partial charge on any atom is -0.300 e. The van der Waals surface area contributed by atoms with Crippen molar-refractivity contribution in [2.24, 2.45) is 0 Å². The van der Waals surface area contributed by atoms with E-state index in [2.05, 4.69) is 6.58 Å². The molecule has 2 nitrogen and oxygen atoms in total. The van der Waals surface area contributed by atoms with Crippen molar-refractivity contribution in [2.75, 3.05) is 5.75 Å². The van der Waals surface area contributed by atoms with Gasteiger partial charge < -0.3 is 0 Å². The first-order valence-corrected chi connectivity index (χ1v) is 9.96. The lowest BCUT2D eigenvalue weighted by Crippen LogP contribution is -2.02. The highest BCUT2D eigenvalue weighted by molar-refractivity contribution is 8.77. The summed E-state index contributed by atoms with van der Waals surface area (Å²) in [4.78, 5) is 23.0. The highest BCUT2D eigenvalue weighted by Crippen LogP contribution is 2.39. The van der Waals surface area contributed by atoms with E-state index in [1.54, 1.807) is 6.92 Å². The van der Waals surface area contributed by atoms with Crippen molar-refractivity contribution < 1.29 is 9.59 Å². The average Bonchev–Trinajstić information content (AvgIpc) is 2.92. The maximum Gasteiger partial charge on any atom is 0.157 e. The third-order valence-electron chi connectivity index (χ3n) is 3.54. The van der Waals surface area contributed by atoms with Crippen LogP contribution in [0.1, 0.15) is 64.7 Å². The molecule has 0 radical (unpaired) electrons. The van der Waals surface area contributed by atoms with Gasteiger partial charge in [0.05, 0.1) is 0 Å². The second kappa shape index (κ2) is 10.5. The molecule has 4 heteroatoms. The van der Waals surface area contributed by atoms with Gasteiger partial charge >= 0.3 is 0 Å². The molecule has 1 aliphatic rings. The molecule has 0 bridgehead atoms. The summed E-state index contributed by atoms with van der Waals surface area (Å²) in [6.45, 7) is 5.38. The van der Waals surface area contributed by atoms with E-state index >= 15 is 0 Å². The molecule has 1 unspecified atom stereocenters. The zero-order chi connectivity index (χ0) is 14.8. The molecule has 0 aromatic heterocycles. The normalized spacial score (nSPS) is 18.1. The molecule has 0 saturated carbocycles. The predicted octanol–water partition coefficient (Wildman–Crippen LogP) is 4.98. The van der Waals surface area contributed by atoms with E-state index in [1.807, 2.05) is 21.6 Å². The molecule has 20 heavy (non-hydrogen) atoms. The lowest BCUT2D eigenvalue weighted by molar-refractivity contribution is -0.120. The van der Waals surface area contributed by atoms with Crippen molar-refractivity contribution in [1.29, 1.82) is 0 Å². The number of carbonyl (C=O) groups is 2. The first kappa shape index (κ1) is 17.8. The first-order chi connectivity index (χ1) is 9.59. The maximum atomic E-state index is 11.7. The van der Waals surface area contributed by atoms with Gasteiger partial charge in [0.1, 0.15) is 5.78 Å². The Morgan fingerprint density at radius 1 is 1.10 bits per heavy atom. The van der Waals surface area contributed by atoms with Gasteiger partial charge in [-0.1, -0.05) is 34.6 Å². The third kappa shape index (κ3) is 8.15. The lowest BCUT2D eigenvalue weighted by Gasteiger charge is -2.06. The Balaban J connectivity index is 1.92. The van der Waals surface area contributed by atoms with Crippen LogP contribution in [-0.2, 0) is 9.59 Å². The van der Waals surface area contributed by atoms with E-state index in [1.165, 1.54) is 25.0 Å². The van der Waals surface area contributed by atoms with Crippen LogP contribution < -0.4 is 0 Å². The SMILES string of the molecule is C=C(C)C(=O)CCCCC(=O)CCCCC1CCSS1. The topological polar surface area (TPSA) is 34.1 Å². The lowest BCUT2D eigenvalue weighted by atomic mass is 10.0. The summed E-state index contributed by atoms with van der Waals surface area (Å²) >= 11 is 0. The Kier molecular flexibility index (Phi) is 9.36. The average molecular weight is 315 g/mol. The Morgan fingerprint density at radius 2 is 1.75 bits per heavy atom. The Bertz CT molecular complexity index is 333. The summed E-state index contributed by atoms with van der Waals surface area (Å²) in [5.74, 6) is 1.78. The van der Waals surface area contributed by atoms with Crippen molar-refractivity contribution in [1.82, 2.24) is 0 Å². The summed E-state index contributed by atoms with van der Waals surface area (Å²) in [7, 11) is 4.00. The van der Waals surface area contributed by atoms with Gasteiger partial charge in [0, 0.05) is 30.3 Å². The van der Waals surface area contributed by atoms with Crippen LogP contribution in [0.4, 0.5) is 0 Å². The Morgan fingerprint density at radius 3 is 2.35 bits per heavy atom. The Hall–Kier alpha value is -0.220. The number of hydrogen-bond acceptors (Lipinski definition) is 4. The molecule has 1 aliphatic heterocycles. The molecular weight excluding hydrogens is 288 g/mol. The monoisotopic (exact) mass is 314 g/mol. The highest BCUT2D eigenvalue weighted by atomic mass is 33.1. The van der Waals surface area contributed by atoms with E-state index in [0.29, 0.717) is 24.2 Å². The fourth-order valence-electron chi connectivity index (χ4n) is 2.20. The van der Waals surface area contributed by atoms with E-state index in [-0.39, 0.29) is 5.78 Å². The zero-order valence-corrected chi connectivity index (χ0v) is 14.1. The summed E-state index contributed by atoms with van der Waals surface area (Å²) in [5, 5.41) is 0.822. The van der Waals surface area contributed by atoms with E-state index in [9.17, 15) is 9.59 Å². The number of allylic oxidation sites excluding steroid dienone is 1. The first-order valence-electron chi connectivity index (χ1n) is 7.58. The summed E-state index contributed by atoms with van der Waals surface area (Å²) < 4.78 is 0. The van der Waals surface area contributed by atoms with Gasteiger partial charge in [0.15, 0.2) is 5.78 Å². The number of rotatable bonds is 11.